The quantitative estimate of drug-likeness (QED) is 0.497. The molecule has 4 rings (SSSR count). The van der Waals surface area contributed by atoms with E-state index in [0.29, 0.717) is 42.5 Å². The number of hydrogen-bond acceptors (Lipinski definition) is 9. The maximum absolute atomic E-state index is 11.3. The molecular formula is C22H28N8O3. The van der Waals surface area contributed by atoms with E-state index in [2.05, 4.69) is 42.5 Å². The van der Waals surface area contributed by atoms with Crippen molar-refractivity contribution in [2.75, 3.05) is 5.32 Å². The smallest absolute Gasteiger partial charge is 0.306 e. The van der Waals surface area contributed by atoms with Crippen LogP contribution < -0.4 is 10.1 Å². The highest BCUT2D eigenvalue weighted by Crippen LogP contribution is 2.29. The topological polar surface area (TPSA) is 141 Å². The van der Waals surface area contributed by atoms with E-state index in [1.165, 1.54) is 6.33 Å². The van der Waals surface area contributed by atoms with Crippen LogP contribution in [0.1, 0.15) is 50.5 Å². The molecule has 0 amide bonds. The summed E-state index contributed by atoms with van der Waals surface area (Å²) in [5.74, 6) is 0.784. The number of aromatic nitrogens is 7. The van der Waals surface area contributed by atoms with Crippen LogP contribution in [0.4, 0.5) is 5.95 Å². The van der Waals surface area contributed by atoms with Crippen LogP contribution in [-0.4, -0.2) is 52.1 Å². The number of carbonyl (C=O) groups is 1. The van der Waals surface area contributed by atoms with E-state index in [0.717, 1.165) is 37.2 Å². The zero-order valence-corrected chi connectivity index (χ0v) is 18.8. The second-order valence-corrected chi connectivity index (χ2v) is 8.16. The predicted molar refractivity (Wildman–Crippen MR) is 119 cm³/mol. The molecule has 3 aromatic heterocycles. The standard InChI is InChI=1S/C22H28N8O3/c1-3-5-19-25-13-26-22(27-19)24-12-18-20(28-29-30(18)2)17-9-8-16(11-23-17)33-15-7-4-6-14(10-15)21(31)32/h8-9,11,13-15H,3-7,10,12H2,1-2H3,(H,31,32)(H,24,25,26,27)/t14-,15-/m0/s1. The van der Waals surface area contributed by atoms with Gasteiger partial charge in [0.25, 0.3) is 0 Å². The van der Waals surface area contributed by atoms with Gasteiger partial charge >= 0.3 is 5.97 Å². The van der Waals surface area contributed by atoms with Crippen molar-refractivity contribution in [3.05, 3.63) is 36.2 Å². The molecule has 11 nitrogen and oxygen atoms in total. The summed E-state index contributed by atoms with van der Waals surface area (Å²) in [6.07, 6.45) is 7.74. The summed E-state index contributed by atoms with van der Waals surface area (Å²) in [4.78, 5) is 28.6. The lowest BCUT2D eigenvalue weighted by Gasteiger charge is -2.27. The molecule has 3 heterocycles. The van der Waals surface area contributed by atoms with Crippen molar-refractivity contribution < 1.29 is 14.6 Å². The molecule has 0 radical (unpaired) electrons. The number of hydrogen-bond donors (Lipinski definition) is 2. The van der Waals surface area contributed by atoms with Crippen molar-refractivity contribution >= 4 is 11.9 Å². The number of ether oxygens (including phenoxy) is 1. The molecule has 0 aliphatic heterocycles. The van der Waals surface area contributed by atoms with Gasteiger partial charge in [0.15, 0.2) is 0 Å². The van der Waals surface area contributed by atoms with Crippen molar-refractivity contribution in [2.24, 2.45) is 13.0 Å². The molecule has 3 aromatic rings. The maximum Gasteiger partial charge on any atom is 0.306 e. The number of carboxylic acid groups (broad SMARTS) is 1. The minimum Gasteiger partial charge on any atom is -0.489 e. The number of rotatable bonds is 9. The number of nitrogens with zero attached hydrogens (tertiary/aromatic N) is 7. The minimum atomic E-state index is -0.751. The third kappa shape index (κ3) is 5.60. The summed E-state index contributed by atoms with van der Waals surface area (Å²) in [5.41, 5.74) is 2.16. The number of nitrogens with one attached hydrogen (secondary N) is 1. The Labute approximate surface area is 191 Å². The summed E-state index contributed by atoms with van der Waals surface area (Å²) in [6.45, 7) is 2.50. The first kappa shape index (κ1) is 22.6. The molecule has 2 N–H and O–H groups in total. The summed E-state index contributed by atoms with van der Waals surface area (Å²) < 4.78 is 7.69. The number of aliphatic carboxylic acids is 1. The Kier molecular flexibility index (Phi) is 7.06. The zero-order valence-electron chi connectivity index (χ0n) is 18.8. The van der Waals surface area contributed by atoms with Crippen LogP contribution in [0.2, 0.25) is 0 Å². The molecule has 0 aromatic carbocycles. The SMILES string of the molecule is CCCc1ncnc(NCc2c(-c3ccc(O[C@H]4CCC[C@H](C(=O)O)C4)cn3)nnn2C)n1. The molecule has 0 bridgehead atoms. The number of carboxylic acids is 1. The molecule has 33 heavy (non-hydrogen) atoms. The van der Waals surface area contributed by atoms with E-state index in [4.69, 9.17) is 4.74 Å². The molecule has 0 unspecified atom stereocenters. The van der Waals surface area contributed by atoms with Crippen molar-refractivity contribution in [1.82, 2.24) is 34.9 Å². The Morgan fingerprint density at radius 1 is 1.27 bits per heavy atom. The van der Waals surface area contributed by atoms with Gasteiger partial charge in [0.2, 0.25) is 5.95 Å². The molecule has 11 heteroatoms. The Morgan fingerprint density at radius 3 is 2.91 bits per heavy atom. The Morgan fingerprint density at radius 2 is 2.15 bits per heavy atom. The highest BCUT2D eigenvalue weighted by atomic mass is 16.5. The van der Waals surface area contributed by atoms with Crippen LogP contribution in [0, 0.1) is 5.92 Å². The summed E-state index contributed by atoms with van der Waals surface area (Å²) in [6, 6.07) is 3.67. The number of pyridine rings is 1. The van der Waals surface area contributed by atoms with Gasteiger partial charge in [0.05, 0.1) is 36.2 Å². The Balaban J connectivity index is 1.42. The molecule has 0 saturated heterocycles. The minimum absolute atomic E-state index is 0.110. The normalized spacial score (nSPS) is 18.1. The van der Waals surface area contributed by atoms with Crippen LogP contribution >= 0.6 is 0 Å². The first-order chi connectivity index (χ1) is 16.0. The average Bonchev–Trinajstić information content (AvgIpc) is 3.19. The van der Waals surface area contributed by atoms with Gasteiger partial charge in [-0.2, -0.15) is 4.98 Å². The molecule has 1 aliphatic carbocycles. The van der Waals surface area contributed by atoms with Crippen molar-refractivity contribution in [2.45, 2.75) is 58.1 Å². The van der Waals surface area contributed by atoms with Crippen molar-refractivity contribution in [1.29, 1.82) is 0 Å². The van der Waals surface area contributed by atoms with Crippen LogP contribution in [-0.2, 0) is 24.8 Å². The lowest BCUT2D eigenvalue weighted by atomic mass is 9.87. The van der Waals surface area contributed by atoms with Gasteiger partial charge in [-0.25, -0.2) is 14.6 Å². The van der Waals surface area contributed by atoms with E-state index in [1.807, 2.05) is 19.2 Å². The molecule has 174 valence electrons. The third-order valence-electron chi connectivity index (χ3n) is 5.71. The number of anilines is 1. The Hall–Kier alpha value is -3.63. The van der Waals surface area contributed by atoms with Crippen LogP contribution in [0.25, 0.3) is 11.4 Å². The fourth-order valence-corrected chi connectivity index (χ4v) is 3.95. The van der Waals surface area contributed by atoms with E-state index in [9.17, 15) is 9.90 Å². The van der Waals surface area contributed by atoms with Gasteiger partial charge < -0.3 is 15.2 Å². The fraction of sp³-hybridized carbons (Fsp3) is 0.500. The molecule has 1 saturated carbocycles. The molecule has 0 spiro atoms. The second-order valence-electron chi connectivity index (χ2n) is 8.16. The van der Waals surface area contributed by atoms with E-state index in [-0.39, 0.29) is 12.0 Å². The van der Waals surface area contributed by atoms with Crippen LogP contribution in [0.3, 0.4) is 0 Å². The number of aryl methyl sites for hydroxylation is 2. The lowest BCUT2D eigenvalue weighted by molar-refractivity contribution is -0.143. The summed E-state index contributed by atoms with van der Waals surface area (Å²) in [7, 11) is 1.82. The third-order valence-corrected chi connectivity index (χ3v) is 5.71. The molecular weight excluding hydrogens is 424 g/mol. The molecule has 1 aliphatic rings. The zero-order chi connectivity index (χ0) is 23.2. The lowest BCUT2D eigenvalue weighted by Crippen LogP contribution is -2.29. The first-order valence-electron chi connectivity index (χ1n) is 11.2. The molecule has 2 atom stereocenters. The average molecular weight is 453 g/mol. The monoisotopic (exact) mass is 452 g/mol. The highest BCUT2D eigenvalue weighted by molar-refractivity contribution is 5.70. The van der Waals surface area contributed by atoms with Crippen molar-refractivity contribution in [3.8, 4) is 17.1 Å². The Bertz CT molecular complexity index is 1090. The van der Waals surface area contributed by atoms with Gasteiger partial charge in [-0.1, -0.05) is 12.1 Å². The highest BCUT2D eigenvalue weighted by Gasteiger charge is 2.28. The first-order valence-corrected chi connectivity index (χ1v) is 11.2. The largest absolute Gasteiger partial charge is 0.489 e. The van der Waals surface area contributed by atoms with Gasteiger partial charge in [-0.15, -0.1) is 5.10 Å². The van der Waals surface area contributed by atoms with Gasteiger partial charge in [0.1, 0.15) is 23.6 Å². The van der Waals surface area contributed by atoms with E-state index < -0.39 is 5.97 Å². The predicted octanol–water partition coefficient (Wildman–Crippen LogP) is 2.65. The van der Waals surface area contributed by atoms with Crippen LogP contribution in [0.5, 0.6) is 5.75 Å². The van der Waals surface area contributed by atoms with Gasteiger partial charge in [0, 0.05) is 13.5 Å². The maximum atomic E-state index is 11.3. The van der Waals surface area contributed by atoms with E-state index in [1.54, 1.807) is 10.9 Å². The molecule has 1 fully saturated rings. The van der Waals surface area contributed by atoms with Crippen LogP contribution in [0.15, 0.2) is 24.7 Å². The van der Waals surface area contributed by atoms with Gasteiger partial charge in [-0.05, 0) is 44.2 Å². The van der Waals surface area contributed by atoms with Gasteiger partial charge in [-0.3, -0.25) is 9.78 Å². The fourth-order valence-electron chi connectivity index (χ4n) is 3.95. The second kappa shape index (κ2) is 10.3. The van der Waals surface area contributed by atoms with E-state index >= 15 is 0 Å². The summed E-state index contributed by atoms with van der Waals surface area (Å²) in [5, 5.41) is 20.9. The summed E-state index contributed by atoms with van der Waals surface area (Å²) >= 11 is 0. The van der Waals surface area contributed by atoms with Crippen molar-refractivity contribution in [3.63, 3.8) is 0 Å².